The highest BCUT2D eigenvalue weighted by Gasteiger charge is 2.34. The molecular formula is C21H33F3N2O4S. The molecule has 1 N–H and O–H groups in total. The van der Waals surface area contributed by atoms with Gasteiger partial charge in [-0.05, 0) is 66.1 Å². The summed E-state index contributed by atoms with van der Waals surface area (Å²) in [6, 6.07) is 1.61. The van der Waals surface area contributed by atoms with Gasteiger partial charge in [-0.2, -0.15) is 23.7 Å². The lowest BCUT2D eigenvalue weighted by Gasteiger charge is -2.31. The summed E-state index contributed by atoms with van der Waals surface area (Å²) >= 11 is 0. The molecule has 0 aromatic carbocycles. The van der Waals surface area contributed by atoms with Crippen molar-refractivity contribution in [3.05, 3.63) is 11.8 Å². The molecule has 0 bridgehead atoms. The van der Waals surface area contributed by atoms with Crippen LogP contribution in [0.1, 0.15) is 72.4 Å². The third kappa shape index (κ3) is 7.61. The molecule has 1 saturated heterocycles. The van der Waals surface area contributed by atoms with Gasteiger partial charge in [0.05, 0.1) is 4.75 Å². The average molecular weight is 467 g/mol. The van der Waals surface area contributed by atoms with Crippen LogP contribution in [0.3, 0.4) is 0 Å². The van der Waals surface area contributed by atoms with Crippen LogP contribution in [0.25, 0.3) is 0 Å². The van der Waals surface area contributed by atoms with E-state index in [0.29, 0.717) is 18.1 Å². The molecule has 1 aromatic rings. The Labute approximate surface area is 184 Å². The number of aromatic nitrogens is 1. The van der Waals surface area contributed by atoms with Crippen LogP contribution >= 0.6 is 10.5 Å². The third-order valence-electron chi connectivity index (χ3n) is 5.24. The smallest absolute Gasteiger partial charge is 0.353 e. The Hall–Kier alpha value is -1.39. The van der Waals surface area contributed by atoms with Gasteiger partial charge in [-0.25, -0.2) is 0 Å². The zero-order chi connectivity index (χ0) is 23.3. The Morgan fingerprint density at radius 1 is 1.32 bits per heavy atom. The van der Waals surface area contributed by atoms with Gasteiger partial charge in [0.1, 0.15) is 11.3 Å². The second-order valence-corrected chi connectivity index (χ2v) is 11.3. The highest BCUT2D eigenvalue weighted by atomic mass is 32.2. The fourth-order valence-corrected chi connectivity index (χ4v) is 5.37. The number of carbonyl (C=O) groups excluding carboxylic acids is 1. The lowest BCUT2D eigenvalue weighted by molar-refractivity contribution is -0.220. The van der Waals surface area contributed by atoms with Crippen molar-refractivity contribution in [2.75, 3.05) is 17.7 Å². The third-order valence-corrected chi connectivity index (χ3v) is 8.03. The van der Waals surface area contributed by atoms with Gasteiger partial charge < -0.3 is 14.0 Å². The summed E-state index contributed by atoms with van der Waals surface area (Å²) in [4.78, 5) is 12.9. The summed E-state index contributed by atoms with van der Waals surface area (Å²) in [5.74, 6) is 0.127. The maximum absolute atomic E-state index is 12.9. The molecule has 1 aliphatic rings. The van der Waals surface area contributed by atoms with Crippen LogP contribution < -0.4 is 5.32 Å². The average Bonchev–Trinajstić information content (AvgIpc) is 3.14. The largest absolute Gasteiger partial charge is 0.389 e. The first kappa shape index (κ1) is 25.9. The van der Waals surface area contributed by atoms with Gasteiger partial charge in [0.2, 0.25) is 11.8 Å². The molecule has 2 atom stereocenters. The molecule has 10 heteroatoms. The molecule has 0 saturated carbocycles. The molecule has 1 aliphatic heterocycles. The van der Waals surface area contributed by atoms with E-state index in [1.165, 1.54) is 0 Å². The van der Waals surface area contributed by atoms with E-state index in [-0.39, 0.29) is 24.5 Å². The minimum absolute atomic E-state index is 0.0190. The molecule has 1 amide bonds. The fourth-order valence-electron chi connectivity index (χ4n) is 3.29. The molecular weight excluding hydrogens is 433 g/mol. The Bertz CT molecular complexity index is 769. The molecule has 31 heavy (non-hydrogen) atoms. The quantitative estimate of drug-likeness (QED) is 0.479. The van der Waals surface area contributed by atoms with Crippen LogP contribution in [0.15, 0.2) is 10.6 Å². The predicted molar refractivity (Wildman–Crippen MR) is 116 cm³/mol. The number of anilines is 1. The van der Waals surface area contributed by atoms with E-state index in [2.05, 4.69) is 10.5 Å². The first-order valence-corrected chi connectivity index (χ1v) is 11.9. The Balaban J connectivity index is 2.00. The zero-order valence-corrected chi connectivity index (χ0v) is 19.6. The van der Waals surface area contributed by atoms with Crippen LogP contribution in [-0.2, 0) is 19.9 Å². The number of nitrogens with zero attached hydrogens (tertiary/aromatic N) is 1. The maximum Gasteiger partial charge on any atom is 0.389 e. The Morgan fingerprint density at radius 3 is 2.61 bits per heavy atom. The normalized spacial score (nSPS) is 19.4. The fraction of sp³-hybridized carbons (Fsp3) is 0.762. The van der Waals surface area contributed by atoms with Gasteiger partial charge in [-0.1, -0.05) is 10.5 Å². The molecule has 1 aromatic heterocycles. The van der Waals surface area contributed by atoms with Crippen LogP contribution in [0.4, 0.5) is 19.1 Å². The molecule has 2 unspecified atom stereocenters. The monoisotopic (exact) mass is 466 g/mol. The molecule has 2 rings (SSSR count). The number of hydrogen-bond donors (Lipinski definition) is 1. The highest BCUT2D eigenvalue weighted by Crippen LogP contribution is 2.36. The summed E-state index contributed by atoms with van der Waals surface area (Å²) in [6.45, 7) is 9.58. The number of hydrogen-bond acceptors (Lipinski definition) is 5. The van der Waals surface area contributed by atoms with Crippen molar-refractivity contribution in [2.45, 2.75) is 89.5 Å². The molecule has 0 spiro atoms. The molecule has 6 nitrogen and oxygen atoms in total. The molecule has 2 heterocycles. The van der Waals surface area contributed by atoms with Crippen molar-refractivity contribution in [1.29, 1.82) is 0 Å². The predicted octanol–water partition coefficient (Wildman–Crippen LogP) is 5.60. The lowest BCUT2D eigenvalue weighted by Crippen LogP contribution is -2.36. The summed E-state index contributed by atoms with van der Waals surface area (Å²) in [7, 11) is -0.636. The van der Waals surface area contributed by atoms with E-state index in [0.717, 1.165) is 19.3 Å². The van der Waals surface area contributed by atoms with Crippen LogP contribution in [0, 0.1) is 0 Å². The van der Waals surface area contributed by atoms with E-state index < -0.39 is 33.4 Å². The second kappa shape index (κ2) is 10.5. The van der Waals surface area contributed by atoms with E-state index in [4.69, 9.17) is 14.0 Å². The Kier molecular flexibility index (Phi) is 8.75. The van der Waals surface area contributed by atoms with Gasteiger partial charge in [0.25, 0.3) is 0 Å². The van der Waals surface area contributed by atoms with Crippen molar-refractivity contribution in [1.82, 2.24) is 5.16 Å². The van der Waals surface area contributed by atoms with E-state index in [9.17, 15) is 18.0 Å². The number of rotatable bonds is 9. The van der Waals surface area contributed by atoms with E-state index in [1.54, 1.807) is 26.8 Å². The number of amides is 1. The number of ether oxygens (including phenoxy) is 2. The summed E-state index contributed by atoms with van der Waals surface area (Å²) in [5.41, 5.74) is -0.260. The van der Waals surface area contributed by atoms with Crippen molar-refractivity contribution in [3.63, 3.8) is 0 Å². The van der Waals surface area contributed by atoms with Gasteiger partial charge >= 0.3 is 6.18 Å². The standard InChI is InChI=1S/C21H33F3N2O4S/c1-6-31(13-9-11-21(22,23)24)20(4,5)18(27)25-16-14-15(26-30-16)19(2,3)29-17-10-7-8-12-28-17/h6,14,17H,7-13H2,1-5H3,(H,25,27). The molecule has 1 fully saturated rings. The van der Waals surface area contributed by atoms with Gasteiger partial charge in [0, 0.05) is 19.1 Å². The van der Waals surface area contributed by atoms with Crippen LogP contribution in [0.2, 0.25) is 0 Å². The van der Waals surface area contributed by atoms with E-state index >= 15 is 0 Å². The van der Waals surface area contributed by atoms with Gasteiger partial charge in [-0.3, -0.25) is 10.1 Å². The topological polar surface area (TPSA) is 73.6 Å². The van der Waals surface area contributed by atoms with Crippen molar-refractivity contribution in [3.8, 4) is 0 Å². The number of nitrogens with one attached hydrogen (secondary N) is 1. The van der Waals surface area contributed by atoms with Gasteiger partial charge in [-0.15, -0.1) is 0 Å². The number of halogens is 3. The van der Waals surface area contributed by atoms with Crippen molar-refractivity contribution < 1.29 is 32.0 Å². The first-order chi connectivity index (χ1) is 14.3. The van der Waals surface area contributed by atoms with Crippen molar-refractivity contribution >= 4 is 27.6 Å². The summed E-state index contributed by atoms with van der Waals surface area (Å²) in [6.07, 6.45) is -2.51. The first-order valence-electron chi connectivity index (χ1n) is 10.5. The number of alkyl halides is 3. The van der Waals surface area contributed by atoms with Crippen molar-refractivity contribution in [2.24, 2.45) is 0 Å². The maximum atomic E-state index is 12.9. The lowest BCUT2D eigenvalue weighted by atomic mass is 10.0. The molecule has 0 radical (unpaired) electrons. The zero-order valence-electron chi connectivity index (χ0n) is 18.8. The summed E-state index contributed by atoms with van der Waals surface area (Å²) in [5, 5.41) is 8.55. The van der Waals surface area contributed by atoms with E-state index in [1.807, 2.05) is 19.2 Å². The highest BCUT2D eigenvalue weighted by molar-refractivity contribution is 8.16. The van der Waals surface area contributed by atoms with Gasteiger partial charge in [0.15, 0.2) is 6.29 Å². The second-order valence-electron chi connectivity index (χ2n) is 8.55. The van der Waals surface area contributed by atoms with Crippen LogP contribution in [-0.4, -0.2) is 46.0 Å². The number of carbonyl (C=O) groups is 1. The molecule has 0 aliphatic carbocycles. The molecule has 178 valence electrons. The Morgan fingerprint density at radius 2 is 2.03 bits per heavy atom. The minimum atomic E-state index is -4.19. The van der Waals surface area contributed by atoms with Crippen LogP contribution in [0.5, 0.6) is 0 Å². The summed E-state index contributed by atoms with van der Waals surface area (Å²) < 4.78 is 53.5. The SMILES string of the molecule is C/C=S(\CCCC(F)(F)F)C(C)(C)C(=O)Nc1cc(C(C)(C)OC2CCCCO2)no1. The minimum Gasteiger partial charge on any atom is -0.353 e.